The summed E-state index contributed by atoms with van der Waals surface area (Å²) in [4.78, 5) is 18.3. The number of halogens is 3. The van der Waals surface area contributed by atoms with E-state index in [0.717, 1.165) is 18.5 Å². The fourth-order valence-corrected chi connectivity index (χ4v) is 1.52. The van der Waals surface area contributed by atoms with E-state index in [0.29, 0.717) is 0 Å². The second kappa shape index (κ2) is 6.41. The van der Waals surface area contributed by atoms with Crippen molar-refractivity contribution < 1.29 is 32.0 Å². The third-order valence-electron chi connectivity index (χ3n) is 2.41. The topological polar surface area (TPSA) is 87.3 Å². The molecule has 0 aromatic carbocycles. The lowest BCUT2D eigenvalue weighted by molar-refractivity contribution is -0.137. The van der Waals surface area contributed by atoms with Crippen LogP contribution in [-0.4, -0.2) is 27.9 Å². The Kier molecular flexibility index (Phi) is 4.59. The molecule has 10 heteroatoms. The maximum Gasteiger partial charge on any atom is 0.508 e. The smallest absolute Gasteiger partial charge is 0.435 e. The van der Waals surface area contributed by atoms with Crippen LogP contribution in [-0.2, 0) is 22.3 Å². The molecule has 0 saturated heterocycles. The van der Waals surface area contributed by atoms with Gasteiger partial charge < -0.3 is 14.0 Å². The average molecular weight is 317 g/mol. The van der Waals surface area contributed by atoms with E-state index < -0.39 is 17.9 Å². The van der Waals surface area contributed by atoms with Crippen LogP contribution in [0.3, 0.4) is 0 Å². The molecule has 118 valence electrons. The first kappa shape index (κ1) is 15.7. The van der Waals surface area contributed by atoms with Gasteiger partial charge in [0.05, 0.1) is 17.7 Å². The zero-order valence-electron chi connectivity index (χ0n) is 11.3. The summed E-state index contributed by atoms with van der Waals surface area (Å²) in [5.41, 5.74) is -1.31. The van der Waals surface area contributed by atoms with Crippen molar-refractivity contribution in [3.8, 4) is 11.5 Å². The summed E-state index contributed by atoms with van der Waals surface area (Å²) in [5, 5.41) is 3.43. The summed E-state index contributed by atoms with van der Waals surface area (Å²) in [7, 11) is 0. The number of rotatable bonds is 4. The van der Waals surface area contributed by atoms with E-state index in [2.05, 4.69) is 24.6 Å². The number of ether oxygens (including phenoxy) is 2. The van der Waals surface area contributed by atoms with Crippen LogP contribution in [0.2, 0.25) is 0 Å². The fourth-order valence-electron chi connectivity index (χ4n) is 1.52. The van der Waals surface area contributed by atoms with Gasteiger partial charge >= 0.3 is 12.3 Å². The molecule has 2 aromatic rings. The molecular formula is C12H10F3N3O4. The van der Waals surface area contributed by atoms with Gasteiger partial charge in [-0.25, -0.2) is 4.79 Å². The maximum atomic E-state index is 12.9. The minimum atomic E-state index is -4.59. The number of carbonyl (C=O) groups excluding carboxylic acids is 1. The standard InChI is InChI=1S/C12H10F3N3O4/c1-2-20-11(19)21-6-9-17-10(22-18-9)7-5-16-4-3-8(7)12(13,14)15/h3-5H,2,6H2,1H3. The molecule has 7 nitrogen and oxygen atoms in total. The van der Waals surface area contributed by atoms with Gasteiger partial charge in [0.1, 0.15) is 0 Å². The van der Waals surface area contributed by atoms with Gasteiger partial charge in [0, 0.05) is 12.4 Å². The number of aromatic nitrogens is 3. The van der Waals surface area contributed by atoms with Crippen LogP contribution in [0, 0.1) is 0 Å². The molecule has 0 unspecified atom stereocenters. The van der Waals surface area contributed by atoms with Gasteiger partial charge in [-0.2, -0.15) is 18.2 Å². The summed E-state index contributed by atoms with van der Waals surface area (Å²) in [5.74, 6) is -0.470. The molecule has 0 radical (unpaired) electrons. The first-order valence-corrected chi connectivity index (χ1v) is 6.05. The van der Waals surface area contributed by atoms with Gasteiger partial charge in [0.2, 0.25) is 5.82 Å². The number of alkyl halides is 3. The second-order valence-electron chi connectivity index (χ2n) is 3.91. The Morgan fingerprint density at radius 1 is 1.36 bits per heavy atom. The highest BCUT2D eigenvalue weighted by molar-refractivity contribution is 5.60. The Bertz CT molecular complexity index is 657. The second-order valence-corrected chi connectivity index (χ2v) is 3.91. The highest BCUT2D eigenvalue weighted by Crippen LogP contribution is 2.35. The van der Waals surface area contributed by atoms with Crippen molar-refractivity contribution in [2.24, 2.45) is 0 Å². The summed E-state index contributed by atoms with van der Waals surface area (Å²) >= 11 is 0. The van der Waals surface area contributed by atoms with Crippen LogP contribution in [0.4, 0.5) is 18.0 Å². The Morgan fingerprint density at radius 3 is 2.82 bits per heavy atom. The van der Waals surface area contributed by atoms with E-state index in [9.17, 15) is 18.0 Å². The van der Waals surface area contributed by atoms with E-state index in [1.54, 1.807) is 6.92 Å². The zero-order chi connectivity index (χ0) is 16.2. The molecule has 2 heterocycles. The molecule has 0 N–H and O–H groups in total. The number of hydrogen-bond acceptors (Lipinski definition) is 7. The molecule has 0 spiro atoms. The lowest BCUT2D eigenvalue weighted by Gasteiger charge is -2.08. The average Bonchev–Trinajstić information content (AvgIpc) is 2.93. The van der Waals surface area contributed by atoms with Gasteiger partial charge in [-0.05, 0) is 13.0 Å². The molecule has 2 aromatic heterocycles. The predicted molar refractivity (Wildman–Crippen MR) is 64.3 cm³/mol. The highest BCUT2D eigenvalue weighted by atomic mass is 19.4. The SMILES string of the molecule is CCOC(=O)OCc1noc(-c2cnccc2C(F)(F)F)n1. The Morgan fingerprint density at radius 2 is 2.14 bits per heavy atom. The van der Waals surface area contributed by atoms with Crippen molar-refractivity contribution in [2.75, 3.05) is 6.61 Å². The van der Waals surface area contributed by atoms with Gasteiger partial charge in [0.25, 0.3) is 5.89 Å². The van der Waals surface area contributed by atoms with Crippen LogP contribution >= 0.6 is 0 Å². The zero-order valence-corrected chi connectivity index (χ0v) is 11.3. The molecule has 2 rings (SSSR count). The first-order chi connectivity index (χ1) is 10.4. The lowest BCUT2D eigenvalue weighted by atomic mass is 10.1. The van der Waals surface area contributed by atoms with Crippen LogP contribution in [0.15, 0.2) is 23.0 Å². The molecule has 0 atom stereocenters. The summed E-state index contributed by atoms with van der Waals surface area (Å²) in [6.45, 7) is 1.33. The normalized spacial score (nSPS) is 11.3. The van der Waals surface area contributed by atoms with Crippen molar-refractivity contribution in [3.05, 3.63) is 29.8 Å². The van der Waals surface area contributed by atoms with Gasteiger partial charge in [-0.1, -0.05) is 5.16 Å². The molecule has 0 aliphatic heterocycles. The van der Waals surface area contributed by atoms with Crippen molar-refractivity contribution in [2.45, 2.75) is 19.7 Å². The Labute approximate surface area is 122 Å². The number of carbonyl (C=O) groups is 1. The molecule has 0 aliphatic rings. The highest BCUT2D eigenvalue weighted by Gasteiger charge is 2.35. The Balaban J connectivity index is 2.17. The van der Waals surface area contributed by atoms with Crippen molar-refractivity contribution in [1.29, 1.82) is 0 Å². The van der Waals surface area contributed by atoms with Crippen molar-refractivity contribution in [1.82, 2.24) is 15.1 Å². The Hall–Kier alpha value is -2.65. The molecule has 0 saturated carbocycles. The van der Waals surface area contributed by atoms with E-state index >= 15 is 0 Å². The van der Waals surface area contributed by atoms with Gasteiger partial charge in [-0.3, -0.25) is 4.98 Å². The van der Waals surface area contributed by atoms with Crippen LogP contribution < -0.4 is 0 Å². The number of hydrogen-bond donors (Lipinski definition) is 0. The lowest BCUT2D eigenvalue weighted by Crippen LogP contribution is -2.08. The van der Waals surface area contributed by atoms with E-state index in [1.165, 1.54) is 0 Å². The summed E-state index contributed by atoms with van der Waals surface area (Å²) < 4.78 is 52.5. The number of nitrogens with zero attached hydrogens (tertiary/aromatic N) is 3. The molecule has 0 aliphatic carbocycles. The van der Waals surface area contributed by atoms with Crippen LogP contribution in [0.5, 0.6) is 0 Å². The molecule has 0 bridgehead atoms. The van der Waals surface area contributed by atoms with Gasteiger partial charge in [0.15, 0.2) is 6.61 Å². The molecule has 0 amide bonds. The van der Waals surface area contributed by atoms with Crippen LogP contribution in [0.1, 0.15) is 18.3 Å². The third-order valence-corrected chi connectivity index (χ3v) is 2.41. The summed E-state index contributed by atoms with van der Waals surface area (Å²) in [6.07, 6.45) is -3.56. The minimum absolute atomic E-state index is 0.0972. The minimum Gasteiger partial charge on any atom is -0.435 e. The van der Waals surface area contributed by atoms with Crippen molar-refractivity contribution in [3.63, 3.8) is 0 Å². The maximum absolute atomic E-state index is 12.9. The molecular weight excluding hydrogens is 307 g/mol. The molecule has 0 fully saturated rings. The monoisotopic (exact) mass is 317 g/mol. The van der Waals surface area contributed by atoms with E-state index in [-0.39, 0.29) is 30.5 Å². The first-order valence-electron chi connectivity index (χ1n) is 6.05. The fraction of sp³-hybridized carbons (Fsp3) is 0.333. The van der Waals surface area contributed by atoms with E-state index in [4.69, 9.17) is 4.52 Å². The summed E-state index contributed by atoms with van der Waals surface area (Å²) in [6, 6.07) is 0.800. The largest absolute Gasteiger partial charge is 0.508 e. The van der Waals surface area contributed by atoms with Crippen LogP contribution in [0.25, 0.3) is 11.5 Å². The van der Waals surface area contributed by atoms with Gasteiger partial charge in [-0.15, -0.1) is 0 Å². The number of pyridine rings is 1. The van der Waals surface area contributed by atoms with E-state index in [1.807, 2.05) is 0 Å². The molecule has 22 heavy (non-hydrogen) atoms. The van der Waals surface area contributed by atoms with Crippen molar-refractivity contribution >= 4 is 6.16 Å². The quantitative estimate of drug-likeness (QED) is 0.801. The predicted octanol–water partition coefficient (Wildman–Crippen LogP) is 2.82. The third kappa shape index (κ3) is 3.71.